The van der Waals surface area contributed by atoms with Gasteiger partial charge in [-0.2, -0.15) is 11.8 Å². The molecule has 2 rings (SSSR count). The molecule has 4 atom stereocenters. The summed E-state index contributed by atoms with van der Waals surface area (Å²) >= 11 is 1.27. The first-order chi connectivity index (χ1) is 11.0. The number of aliphatic hydroxyl groups is 4. The zero-order valence-electron chi connectivity index (χ0n) is 12.3. The zero-order valence-corrected chi connectivity index (χ0v) is 13.1. The molecular weight excluding hydrogens is 328 g/mol. The Morgan fingerprint density at radius 2 is 2.17 bits per heavy atom. The first-order valence-electron chi connectivity index (χ1n) is 7.14. The van der Waals surface area contributed by atoms with Gasteiger partial charge in [0, 0.05) is 24.1 Å². The third-order valence-electron chi connectivity index (χ3n) is 3.56. The van der Waals surface area contributed by atoms with Crippen molar-refractivity contribution in [3.63, 3.8) is 0 Å². The normalized spacial score (nSPS) is 25.7. The Morgan fingerprint density at radius 1 is 1.43 bits per heavy atom. The SMILES string of the molecule is O=c1[nH]c(=O)n([C@H]2C[C@H](O)[C@@H](CO)O2)cc1C(O)CSCCO. The first kappa shape index (κ1) is 18.2. The largest absolute Gasteiger partial charge is 0.396 e. The quantitative estimate of drug-likeness (QED) is 0.354. The van der Waals surface area contributed by atoms with Gasteiger partial charge in [0.2, 0.25) is 0 Å². The molecule has 0 aromatic carbocycles. The molecule has 130 valence electrons. The minimum Gasteiger partial charge on any atom is -0.396 e. The van der Waals surface area contributed by atoms with E-state index in [4.69, 9.17) is 14.9 Å². The molecule has 0 saturated carbocycles. The Kier molecular flexibility index (Phi) is 6.39. The van der Waals surface area contributed by atoms with Crippen LogP contribution < -0.4 is 11.2 Å². The third-order valence-corrected chi connectivity index (χ3v) is 4.58. The van der Waals surface area contributed by atoms with E-state index < -0.39 is 35.8 Å². The minimum atomic E-state index is -1.11. The number of aliphatic hydroxyl groups excluding tert-OH is 4. The maximum absolute atomic E-state index is 11.9. The van der Waals surface area contributed by atoms with Crippen LogP contribution in [0.2, 0.25) is 0 Å². The summed E-state index contributed by atoms with van der Waals surface area (Å²) in [5, 5.41) is 37.6. The summed E-state index contributed by atoms with van der Waals surface area (Å²) < 4.78 is 6.48. The highest BCUT2D eigenvalue weighted by Gasteiger charge is 2.35. The topological polar surface area (TPSA) is 145 Å². The van der Waals surface area contributed by atoms with Crippen molar-refractivity contribution >= 4 is 11.8 Å². The van der Waals surface area contributed by atoms with Gasteiger partial charge in [0.05, 0.1) is 31.0 Å². The van der Waals surface area contributed by atoms with E-state index in [9.17, 15) is 19.8 Å². The molecule has 0 radical (unpaired) electrons. The summed E-state index contributed by atoms with van der Waals surface area (Å²) in [6.45, 7) is -0.424. The number of thioether (sulfide) groups is 1. The highest BCUT2D eigenvalue weighted by atomic mass is 32.2. The molecule has 1 aromatic rings. The summed E-state index contributed by atoms with van der Waals surface area (Å²) in [5.74, 6) is 0.611. The fourth-order valence-corrected chi connectivity index (χ4v) is 3.05. The van der Waals surface area contributed by atoms with Crippen molar-refractivity contribution in [2.75, 3.05) is 24.7 Å². The van der Waals surface area contributed by atoms with Gasteiger partial charge >= 0.3 is 5.69 Å². The number of ether oxygens (including phenoxy) is 1. The molecule has 0 spiro atoms. The van der Waals surface area contributed by atoms with E-state index >= 15 is 0 Å². The highest BCUT2D eigenvalue weighted by molar-refractivity contribution is 7.99. The molecule has 9 nitrogen and oxygen atoms in total. The number of rotatable bonds is 7. The molecule has 1 aliphatic rings. The van der Waals surface area contributed by atoms with E-state index in [2.05, 4.69) is 4.98 Å². The second kappa shape index (κ2) is 8.08. The monoisotopic (exact) mass is 348 g/mol. The van der Waals surface area contributed by atoms with Crippen LogP contribution in [0.25, 0.3) is 0 Å². The highest BCUT2D eigenvalue weighted by Crippen LogP contribution is 2.27. The van der Waals surface area contributed by atoms with E-state index in [0.29, 0.717) is 5.75 Å². The predicted octanol–water partition coefficient (Wildman–Crippen LogP) is -2.06. The molecule has 1 saturated heterocycles. The molecule has 1 unspecified atom stereocenters. The Hall–Kier alpha value is -1.17. The fourth-order valence-electron chi connectivity index (χ4n) is 2.35. The standard InChI is InChI=1S/C13H20N2O7S/c16-1-2-23-6-9(19)7-4-15(13(21)14-12(7)20)11-3-8(18)10(5-17)22-11/h4,8-11,16-19H,1-3,5-6H2,(H,14,20,21)/t8-,9?,10+,11+/m0/s1. The van der Waals surface area contributed by atoms with Crippen LogP contribution in [0.3, 0.4) is 0 Å². The third kappa shape index (κ3) is 4.22. The second-order valence-electron chi connectivity index (χ2n) is 5.18. The first-order valence-corrected chi connectivity index (χ1v) is 8.29. The Labute approximate surface area is 135 Å². The molecule has 2 heterocycles. The van der Waals surface area contributed by atoms with Crippen LogP contribution >= 0.6 is 11.8 Å². The van der Waals surface area contributed by atoms with Crippen LogP contribution in [0.1, 0.15) is 24.3 Å². The number of aromatic nitrogens is 2. The molecule has 23 heavy (non-hydrogen) atoms. The van der Waals surface area contributed by atoms with Gasteiger partial charge in [0.15, 0.2) is 0 Å². The molecule has 0 aliphatic carbocycles. The molecule has 5 N–H and O–H groups in total. The molecular formula is C13H20N2O7S. The summed E-state index contributed by atoms with van der Waals surface area (Å²) in [5.41, 5.74) is -1.41. The zero-order chi connectivity index (χ0) is 17.0. The summed E-state index contributed by atoms with van der Waals surface area (Å²) in [6.07, 6.45) is -2.36. The van der Waals surface area contributed by atoms with Crippen molar-refractivity contribution < 1.29 is 25.2 Å². The van der Waals surface area contributed by atoms with Crippen molar-refractivity contribution in [2.45, 2.75) is 31.0 Å². The molecule has 0 bridgehead atoms. The average Bonchev–Trinajstić information content (AvgIpc) is 2.88. The Morgan fingerprint density at radius 3 is 2.78 bits per heavy atom. The molecule has 1 aliphatic heterocycles. The van der Waals surface area contributed by atoms with Crippen LogP contribution in [0.4, 0.5) is 0 Å². The minimum absolute atomic E-state index is 0.000535. The van der Waals surface area contributed by atoms with Gasteiger partial charge in [0.1, 0.15) is 12.3 Å². The number of nitrogens with one attached hydrogen (secondary N) is 1. The maximum Gasteiger partial charge on any atom is 0.330 e. The van der Waals surface area contributed by atoms with Crippen LogP contribution in [-0.4, -0.2) is 66.9 Å². The lowest BCUT2D eigenvalue weighted by Gasteiger charge is -2.17. The van der Waals surface area contributed by atoms with Gasteiger partial charge in [-0.3, -0.25) is 14.3 Å². The van der Waals surface area contributed by atoms with Crippen LogP contribution in [0.5, 0.6) is 0 Å². The second-order valence-corrected chi connectivity index (χ2v) is 6.33. The summed E-state index contributed by atoms with van der Waals surface area (Å²) in [7, 11) is 0. The van der Waals surface area contributed by atoms with E-state index in [1.54, 1.807) is 0 Å². The van der Waals surface area contributed by atoms with Gasteiger partial charge in [-0.25, -0.2) is 4.79 Å². The molecule has 10 heteroatoms. The van der Waals surface area contributed by atoms with Crippen molar-refractivity contribution in [2.24, 2.45) is 0 Å². The number of nitrogens with zero attached hydrogens (tertiary/aromatic N) is 1. The fraction of sp³-hybridized carbons (Fsp3) is 0.692. The van der Waals surface area contributed by atoms with Gasteiger partial charge < -0.3 is 25.2 Å². The number of H-pyrrole nitrogens is 1. The predicted molar refractivity (Wildman–Crippen MR) is 82.3 cm³/mol. The van der Waals surface area contributed by atoms with E-state index in [-0.39, 0.29) is 31.0 Å². The lowest BCUT2D eigenvalue weighted by molar-refractivity contribution is -0.0461. The number of hydrogen-bond donors (Lipinski definition) is 5. The number of hydrogen-bond acceptors (Lipinski definition) is 8. The molecule has 0 amide bonds. The lowest BCUT2D eigenvalue weighted by atomic mass is 10.2. The maximum atomic E-state index is 11.9. The van der Waals surface area contributed by atoms with Gasteiger partial charge in [-0.1, -0.05) is 0 Å². The van der Waals surface area contributed by atoms with Crippen molar-refractivity contribution in [3.05, 3.63) is 32.6 Å². The number of aromatic amines is 1. The lowest BCUT2D eigenvalue weighted by Crippen LogP contribution is -2.35. The van der Waals surface area contributed by atoms with E-state index in [1.807, 2.05) is 0 Å². The van der Waals surface area contributed by atoms with Crippen molar-refractivity contribution in [3.8, 4) is 0 Å². The van der Waals surface area contributed by atoms with E-state index in [0.717, 1.165) is 4.57 Å². The smallest absolute Gasteiger partial charge is 0.330 e. The van der Waals surface area contributed by atoms with Crippen LogP contribution in [0, 0.1) is 0 Å². The Balaban J connectivity index is 2.23. The van der Waals surface area contributed by atoms with Gasteiger partial charge in [0.25, 0.3) is 5.56 Å². The summed E-state index contributed by atoms with van der Waals surface area (Å²) in [6, 6.07) is 0. The average molecular weight is 348 g/mol. The Bertz CT molecular complexity index is 631. The molecule has 1 aromatic heterocycles. The van der Waals surface area contributed by atoms with Gasteiger partial charge in [-0.15, -0.1) is 0 Å². The van der Waals surface area contributed by atoms with Gasteiger partial charge in [-0.05, 0) is 0 Å². The molecule has 1 fully saturated rings. The van der Waals surface area contributed by atoms with E-state index in [1.165, 1.54) is 18.0 Å². The summed E-state index contributed by atoms with van der Waals surface area (Å²) in [4.78, 5) is 25.9. The van der Waals surface area contributed by atoms with Crippen LogP contribution in [-0.2, 0) is 4.74 Å². The van der Waals surface area contributed by atoms with Crippen LogP contribution in [0.15, 0.2) is 15.8 Å². The van der Waals surface area contributed by atoms with Crippen molar-refractivity contribution in [1.29, 1.82) is 0 Å². The van der Waals surface area contributed by atoms with Crippen molar-refractivity contribution in [1.82, 2.24) is 9.55 Å².